The Kier molecular flexibility index (Phi) is 3.03. The van der Waals surface area contributed by atoms with Gasteiger partial charge in [0, 0.05) is 0 Å². The highest BCUT2D eigenvalue weighted by Crippen LogP contribution is 2.17. The van der Waals surface area contributed by atoms with Crippen LogP contribution in [0, 0.1) is 6.82 Å². The van der Waals surface area contributed by atoms with Crippen molar-refractivity contribution in [1.29, 1.82) is 0 Å². The molecule has 0 aliphatic rings. The van der Waals surface area contributed by atoms with Crippen LogP contribution in [-0.2, 0) is 0 Å². The van der Waals surface area contributed by atoms with Crippen molar-refractivity contribution >= 4 is 6.15 Å². The fraction of sp³-hybridized carbons (Fsp3) is 0.857. The molecule has 0 saturated heterocycles. The van der Waals surface area contributed by atoms with Crippen LogP contribution in [0.3, 0.4) is 0 Å². The summed E-state index contributed by atoms with van der Waals surface area (Å²) in [5, 5.41) is 0. The Morgan fingerprint density at radius 2 is 1.25 bits per heavy atom. The van der Waals surface area contributed by atoms with Crippen LogP contribution in [0.2, 0.25) is 19.0 Å². The monoisotopic (exact) mass is 112 g/mol. The summed E-state index contributed by atoms with van der Waals surface area (Å²) in [6.45, 7) is 10.9. The molecule has 0 N–H and O–H groups in total. The molecule has 0 aromatic heterocycles. The number of hydrogen-bond acceptors (Lipinski definition) is 0. The van der Waals surface area contributed by atoms with Crippen molar-refractivity contribution in [3.8, 4) is 0 Å². The molecular formula is C7H17B. The minimum Gasteiger partial charge on any atom is -0.136 e. The zero-order valence-electron chi connectivity index (χ0n) is 6.41. The number of hydrogen-bond donors (Lipinski definition) is 0. The Labute approximate surface area is 53.6 Å². The van der Waals surface area contributed by atoms with Crippen LogP contribution < -0.4 is 0 Å². The molecule has 1 heteroatoms. The molecule has 0 aromatic rings. The average molecular weight is 112 g/mol. The standard InChI is InChI=1S/C7H17B/c1-5-8(4,6-2)7-3/h4-7H2,1-3H3. The molecule has 48 valence electrons. The van der Waals surface area contributed by atoms with E-state index in [9.17, 15) is 0 Å². The summed E-state index contributed by atoms with van der Waals surface area (Å²) in [6.07, 6.45) is 3.60. The molecule has 0 aromatic carbocycles. The van der Waals surface area contributed by atoms with Crippen molar-refractivity contribution in [2.75, 3.05) is 0 Å². The third-order valence-corrected chi connectivity index (χ3v) is 2.60. The fourth-order valence-corrected chi connectivity index (χ4v) is 0.866. The molecule has 0 bridgehead atoms. The van der Waals surface area contributed by atoms with Gasteiger partial charge in [-0.05, 0) is 0 Å². The molecule has 0 aliphatic heterocycles. The van der Waals surface area contributed by atoms with Crippen molar-refractivity contribution < 1.29 is 0 Å². The van der Waals surface area contributed by atoms with Gasteiger partial charge in [0.2, 0.25) is 0 Å². The lowest BCUT2D eigenvalue weighted by Gasteiger charge is -2.19. The van der Waals surface area contributed by atoms with E-state index in [1.807, 2.05) is 0 Å². The molecule has 0 nitrogen and oxygen atoms in total. The zero-order chi connectivity index (χ0) is 6.62. The van der Waals surface area contributed by atoms with E-state index in [1.165, 1.54) is 19.0 Å². The highest BCUT2D eigenvalue weighted by Gasteiger charge is 2.20. The third kappa shape index (κ3) is 1.81. The molecule has 0 amide bonds. The smallest absolute Gasteiger partial charge is 0.136 e. The first-order valence-corrected chi connectivity index (χ1v) is 3.75. The van der Waals surface area contributed by atoms with Gasteiger partial charge in [-0.15, -0.1) is 25.8 Å². The molecule has 0 fully saturated rings. The summed E-state index contributed by atoms with van der Waals surface area (Å²) in [5.74, 6) is 0. The Hall–Kier alpha value is -0.0651. The first-order valence-electron chi connectivity index (χ1n) is 3.75. The van der Waals surface area contributed by atoms with E-state index < -0.39 is 0 Å². The third-order valence-electron chi connectivity index (χ3n) is 2.60. The zero-order valence-corrected chi connectivity index (χ0v) is 6.41. The largest absolute Gasteiger partial charge is 0.192 e. The van der Waals surface area contributed by atoms with Gasteiger partial charge in [-0.1, -0.05) is 20.8 Å². The highest BCUT2D eigenvalue weighted by atomic mass is 13.8. The molecule has 8 heavy (non-hydrogen) atoms. The molecule has 0 unspecified atom stereocenters. The highest BCUT2D eigenvalue weighted by molar-refractivity contribution is 6.81. The average Bonchev–Trinajstić information content (AvgIpc) is 1.87. The van der Waals surface area contributed by atoms with Crippen molar-refractivity contribution in [2.45, 2.75) is 39.7 Å². The van der Waals surface area contributed by atoms with Crippen molar-refractivity contribution in [2.24, 2.45) is 0 Å². The molecule has 0 radical (unpaired) electrons. The predicted octanol–water partition coefficient (Wildman–Crippen LogP) is 2.87. The maximum Gasteiger partial charge on any atom is 0.192 e. The minimum absolute atomic E-state index is 0.208. The molecule has 0 rings (SSSR count). The molecule has 0 saturated carbocycles. The van der Waals surface area contributed by atoms with E-state index in [-0.39, 0.29) is 6.15 Å². The SMILES string of the molecule is [CH2+][B-](CC)(CC)CC. The summed E-state index contributed by atoms with van der Waals surface area (Å²) in [5.41, 5.74) is 0. The van der Waals surface area contributed by atoms with E-state index in [0.29, 0.717) is 0 Å². The van der Waals surface area contributed by atoms with Gasteiger partial charge in [0.05, 0.1) is 0 Å². The van der Waals surface area contributed by atoms with Gasteiger partial charge in [0.1, 0.15) is 0 Å². The van der Waals surface area contributed by atoms with Gasteiger partial charge in [-0.2, -0.15) is 0 Å². The quantitative estimate of drug-likeness (QED) is 0.389. The van der Waals surface area contributed by atoms with Crippen LogP contribution in [-0.4, -0.2) is 6.15 Å². The Balaban J connectivity index is 3.58. The van der Waals surface area contributed by atoms with Gasteiger partial charge in [0.25, 0.3) is 0 Å². The van der Waals surface area contributed by atoms with Crippen molar-refractivity contribution in [3.63, 3.8) is 0 Å². The molecule has 0 aliphatic carbocycles. The van der Waals surface area contributed by atoms with Gasteiger partial charge >= 0.3 is 0 Å². The van der Waals surface area contributed by atoms with Crippen LogP contribution in [0.5, 0.6) is 0 Å². The first-order chi connectivity index (χ1) is 3.68. The van der Waals surface area contributed by atoms with Gasteiger partial charge in [-0.25, -0.2) is 0 Å². The lowest BCUT2D eigenvalue weighted by Crippen LogP contribution is -2.26. The second-order valence-electron chi connectivity index (χ2n) is 2.96. The summed E-state index contributed by atoms with van der Waals surface area (Å²) in [4.78, 5) is 0. The van der Waals surface area contributed by atoms with Crippen molar-refractivity contribution in [1.82, 2.24) is 0 Å². The first kappa shape index (κ1) is 7.93. The Morgan fingerprint density at radius 1 is 1.00 bits per heavy atom. The van der Waals surface area contributed by atoms with Gasteiger partial charge < -0.3 is 0 Å². The van der Waals surface area contributed by atoms with E-state index in [4.69, 9.17) is 0 Å². The summed E-state index contributed by atoms with van der Waals surface area (Å²) < 4.78 is 0. The summed E-state index contributed by atoms with van der Waals surface area (Å²) >= 11 is 0. The van der Waals surface area contributed by atoms with Crippen LogP contribution >= 0.6 is 0 Å². The molecule has 0 spiro atoms. The van der Waals surface area contributed by atoms with Gasteiger partial charge in [-0.3, -0.25) is 0 Å². The lowest BCUT2D eigenvalue weighted by molar-refractivity contribution is 1.19. The lowest BCUT2D eigenvalue weighted by atomic mass is 9.22. The van der Waals surface area contributed by atoms with Crippen molar-refractivity contribution in [3.05, 3.63) is 6.82 Å². The Morgan fingerprint density at radius 3 is 1.25 bits per heavy atom. The Bertz CT molecular complexity index is 47.1. The molecule has 0 heterocycles. The summed E-state index contributed by atoms with van der Waals surface area (Å²) in [6, 6.07) is 0. The van der Waals surface area contributed by atoms with E-state index >= 15 is 0 Å². The second-order valence-corrected chi connectivity index (χ2v) is 2.96. The fourth-order valence-electron chi connectivity index (χ4n) is 0.866. The van der Waals surface area contributed by atoms with Gasteiger partial charge in [0.15, 0.2) is 6.15 Å². The second kappa shape index (κ2) is 3.06. The predicted molar refractivity (Wildman–Crippen MR) is 42.6 cm³/mol. The van der Waals surface area contributed by atoms with E-state index in [1.54, 1.807) is 0 Å². The normalized spacial score (nSPS) is 11.9. The summed E-state index contributed by atoms with van der Waals surface area (Å²) in [7, 11) is 0. The maximum atomic E-state index is 4.19. The molecular weight excluding hydrogens is 94.9 g/mol. The number of rotatable bonds is 3. The maximum absolute atomic E-state index is 4.19. The van der Waals surface area contributed by atoms with Crippen LogP contribution in [0.4, 0.5) is 0 Å². The van der Waals surface area contributed by atoms with Crippen LogP contribution in [0.1, 0.15) is 20.8 Å². The van der Waals surface area contributed by atoms with E-state index in [0.717, 1.165) is 0 Å². The minimum atomic E-state index is -0.208. The van der Waals surface area contributed by atoms with E-state index in [2.05, 4.69) is 27.6 Å². The van der Waals surface area contributed by atoms with Crippen LogP contribution in [0.25, 0.3) is 0 Å². The van der Waals surface area contributed by atoms with Crippen LogP contribution in [0.15, 0.2) is 0 Å². The topological polar surface area (TPSA) is 0 Å². The molecule has 0 atom stereocenters.